The van der Waals surface area contributed by atoms with Crippen molar-refractivity contribution in [2.45, 2.75) is 18.9 Å². The lowest BCUT2D eigenvalue weighted by atomic mass is 10.2. The molecule has 0 aliphatic carbocycles. The number of nitrogens with one attached hydrogen (secondary N) is 2. The molecule has 6 nitrogen and oxygen atoms in total. The largest absolute Gasteiger partial charge is 0.368 e. The zero-order valence-corrected chi connectivity index (χ0v) is 10.4. The first-order valence-electron chi connectivity index (χ1n) is 6.28. The van der Waals surface area contributed by atoms with Crippen LogP contribution in [0.5, 0.6) is 0 Å². The van der Waals surface area contributed by atoms with Gasteiger partial charge in [0.2, 0.25) is 11.9 Å². The van der Waals surface area contributed by atoms with Gasteiger partial charge in [0.1, 0.15) is 5.82 Å². The van der Waals surface area contributed by atoms with Gasteiger partial charge in [-0.3, -0.25) is 4.79 Å². The number of carbonyl (C=O) groups excluding carboxylic acids is 1. The summed E-state index contributed by atoms with van der Waals surface area (Å²) in [5.74, 6) is 1.07. The molecule has 0 saturated carbocycles. The molecule has 1 atom stereocenters. The highest BCUT2D eigenvalue weighted by atomic mass is 16.1. The molecule has 1 aromatic carbocycles. The van der Waals surface area contributed by atoms with E-state index >= 15 is 0 Å². The summed E-state index contributed by atoms with van der Waals surface area (Å²) >= 11 is 0. The van der Waals surface area contributed by atoms with Gasteiger partial charge >= 0.3 is 0 Å². The SMILES string of the molecule is Nc1nc(NCC2CCC(=O)N2)c2ccccc2n1. The first-order valence-corrected chi connectivity index (χ1v) is 6.28. The fourth-order valence-corrected chi connectivity index (χ4v) is 2.28. The Morgan fingerprint density at radius 2 is 2.21 bits per heavy atom. The first kappa shape index (κ1) is 11.7. The second kappa shape index (κ2) is 4.72. The lowest BCUT2D eigenvalue weighted by Crippen LogP contribution is -2.32. The number of hydrogen-bond acceptors (Lipinski definition) is 5. The molecule has 0 spiro atoms. The minimum Gasteiger partial charge on any atom is -0.368 e. The van der Waals surface area contributed by atoms with E-state index in [1.54, 1.807) is 0 Å². The number of hydrogen-bond donors (Lipinski definition) is 3. The van der Waals surface area contributed by atoms with Crippen molar-refractivity contribution in [3.63, 3.8) is 0 Å². The minimum absolute atomic E-state index is 0.110. The van der Waals surface area contributed by atoms with Crippen LogP contribution >= 0.6 is 0 Å². The fraction of sp³-hybridized carbons (Fsp3) is 0.308. The predicted molar refractivity (Wildman–Crippen MR) is 73.6 cm³/mol. The lowest BCUT2D eigenvalue weighted by Gasteiger charge is -2.13. The number of carbonyl (C=O) groups is 1. The Morgan fingerprint density at radius 3 is 3.00 bits per heavy atom. The van der Waals surface area contributed by atoms with Crippen molar-refractivity contribution in [3.8, 4) is 0 Å². The quantitative estimate of drug-likeness (QED) is 0.759. The van der Waals surface area contributed by atoms with E-state index in [4.69, 9.17) is 5.73 Å². The van der Waals surface area contributed by atoms with Crippen LogP contribution in [-0.4, -0.2) is 28.5 Å². The zero-order chi connectivity index (χ0) is 13.2. The number of rotatable bonds is 3. The average Bonchev–Trinajstić information content (AvgIpc) is 2.81. The molecule has 1 aliphatic heterocycles. The smallest absolute Gasteiger partial charge is 0.222 e. The number of nitrogens with zero attached hydrogens (tertiary/aromatic N) is 2. The average molecular weight is 257 g/mol. The summed E-state index contributed by atoms with van der Waals surface area (Å²) in [6.45, 7) is 0.645. The molecule has 1 aliphatic rings. The van der Waals surface area contributed by atoms with E-state index in [9.17, 15) is 4.79 Å². The van der Waals surface area contributed by atoms with Crippen molar-refractivity contribution in [2.75, 3.05) is 17.6 Å². The Bertz CT molecular complexity index is 627. The van der Waals surface area contributed by atoms with Gasteiger partial charge in [-0.25, -0.2) is 4.98 Å². The van der Waals surface area contributed by atoms with Gasteiger partial charge in [0.15, 0.2) is 0 Å². The molecular weight excluding hydrogens is 242 g/mol. The molecule has 1 amide bonds. The number of para-hydroxylation sites is 1. The Morgan fingerprint density at radius 1 is 1.37 bits per heavy atom. The van der Waals surface area contributed by atoms with E-state index in [2.05, 4.69) is 20.6 Å². The molecule has 4 N–H and O–H groups in total. The minimum atomic E-state index is 0.110. The van der Waals surface area contributed by atoms with Crippen LogP contribution in [0.1, 0.15) is 12.8 Å². The van der Waals surface area contributed by atoms with E-state index in [0.29, 0.717) is 18.8 Å². The van der Waals surface area contributed by atoms with Gasteiger partial charge in [-0.05, 0) is 18.6 Å². The molecule has 1 fully saturated rings. The van der Waals surface area contributed by atoms with Crippen molar-refractivity contribution >= 4 is 28.6 Å². The van der Waals surface area contributed by atoms with E-state index in [-0.39, 0.29) is 17.9 Å². The molecular formula is C13H15N5O. The van der Waals surface area contributed by atoms with Crippen LogP contribution in [0.3, 0.4) is 0 Å². The van der Waals surface area contributed by atoms with E-state index in [1.165, 1.54) is 0 Å². The Hall–Kier alpha value is -2.37. The third-order valence-corrected chi connectivity index (χ3v) is 3.22. The number of fused-ring (bicyclic) bond motifs is 1. The summed E-state index contributed by atoms with van der Waals surface area (Å²) in [6, 6.07) is 7.85. The van der Waals surface area contributed by atoms with Crippen LogP contribution in [-0.2, 0) is 4.79 Å². The summed E-state index contributed by atoms with van der Waals surface area (Å²) in [6.07, 6.45) is 1.45. The summed E-state index contributed by atoms with van der Waals surface area (Å²) in [5.41, 5.74) is 6.51. The van der Waals surface area contributed by atoms with Crippen LogP contribution in [0, 0.1) is 0 Å². The van der Waals surface area contributed by atoms with E-state index in [1.807, 2.05) is 24.3 Å². The van der Waals surface area contributed by atoms with Gasteiger partial charge in [0, 0.05) is 24.4 Å². The maximum atomic E-state index is 11.1. The van der Waals surface area contributed by atoms with Crippen LogP contribution in [0.15, 0.2) is 24.3 Å². The Kier molecular flexibility index (Phi) is 2.91. The maximum absolute atomic E-state index is 11.1. The predicted octanol–water partition coefficient (Wildman–Crippen LogP) is 0.902. The maximum Gasteiger partial charge on any atom is 0.222 e. The summed E-state index contributed by atoms with van der Waals surface area (Å²) in [7, 11) is 0. The van der Waals surface area contributed by atoms with Crippen LogP contribution in [0.25, 0.3) is 10.9 Å². The molecule has 98 valence electrons. The van der Waals surface area contributed by atoms with Gasteiger partial charge in [-0.15, -0.1) is 0 Å². The van der Waals surface area contributed by atoms with Crippen LogP contribution in [0.2, 0.25) is 0 Å². The Labute approximate surface area is 110 Å². The van der Waals surface area contributed by atoms with Crippen molar-refractivity contribution in [3.05, 3.63) is 24.3 Å². The number of amides is 1. The molecule has 1 aromatic heterocycles. The molecule has 2 aromatic rings. The van der Waals surface area contributed by atoms with Crippen LogP contribution in [0.4, 0.5) is 11.8 Å². The normalized spacial score (nSPS) is 18.5. The summed E-state index contributed by atoms with van der Waals surface area (Å²) in [4.78, 5) is 19.6. The molecule has 2 heterocycles. The second-order valence-electron chi connectivity index (χ2n) is 4.63. The van der Waals surface area contributed by atoms with E-state index in [0.717, 1.165) is 17.3 Å². The number of anilines is 2. The molecule has 3 rings (SSSR count). The third-order valence-electron chi connectivity index (χ3n) is 3.22. The monoisotopic (exact) mass is 257 g/mol. The molecule has 1 unspecified atom stereocenters. The Balaban J connectivity index is 1.82. The van der Waals surface area contributed by atoms with Gasteiger partial charge in [-0.2, -0.15) is 4.98 Å². The molecule has 6 heteroatoms. The highest BCUT2D eigenvalue weighted by Crippen LogP contribution is 2.21. The first-order chi connectivity index (χ1) is 9.22. The number of nitrogen functional groups attached to an aromatic ring is 1. The van der Waals surface area contributed by atoms with Crippen molar-refractivity contribution in [1.82, 2.24) is 15.3 Å². The standard InChI is InChI=1S/C13H15N5O/c14-13-17-10-4-2-1-3-9(10)12(18-13)15-7-8-5-6-11(19)16-8/h1-4,8H,5-7H2,(H,16,19)(H3,14,15,17,18). The summed E-state index contributed by atoms with van der Waals surface area (Å²) < 4.78 is 0. The summed E-state index contributed by atoms with van der Waals surface area (Å²) in [5, 5.41) is 7.09. The van der Waals surface area contributed by atoms with Gasteiger partial charge in [-0.1, -0.05) is 12.1 Å². The molecule has 19 heavy (non-hydrogen) atoms. The van der Waals surface area contributed by atoms with Crippen LogP contribution < -0.4 is 16.4 Å². The third kappa shape index (κ3) is 2.42. The molecule has 0 radical (unpaired) electrons. The highest BCUT2D eigenvalue weighted by Gasteiger charge is 2.20. The van der Waals surface area contributed by atoms with E-state index < -0.39 is 0 Å². The van der Waals surface area contributed by atoms with Crippen molar-refractivity contribution < 1.29 is 4.79 Å². The fourth-order valence-electron chi connectivity index (χ4n) is 2.28. The molecule has 1 saturated heterocycles. The van der Waals surface area contributed by atoms with Crippen molar-refractivity contribution in [2.24, 2.45) is 0 Å². The van der Waals surface area contributed by atoms with Gasteiger partial charge < -0.3 is 16.4 Å². The number of aromatic nitrogens is 2. The highest BCUT2D eigenvalue weighted by molar-refractivity contribution is 5.89. The second-order valence-corrected chi connectivity index (χ2v) is 4.63. The van der Waals surface area contributed by atoms with Crippen molar-refractivity contribution in [1.29, 1.82) is 0 Å². The van der Waals surface area contributed by atoms with Gasteiger partial charge in [0.25, 0.3) is 0 Å². The number of nitrogens with two attached hydrogens (primary N) is 1. The lowest BCUT2D eigenvalue weighted by molar-refractivity contribution is -0.119. The van der Waals surface area contributed by atoms with Gasteiger partial charge in [0.05, 0.1) is 5.52 Å². The number of benzene rings is 1. The zero-order valence-electron chi connectivity index (χ0n) is 10.4. The topological polar surface area (TPSA) is 92.9 Å². The molecule has 0 bridgehead atoms.